The maximum Gasteiger partial charge on any atom is 0.697 e. The quantitative estimate of drug-likeness (QED) is 0.0897. The Labute approximate surface area is 273 Å². The van der Waals surface area contributed by atoms with Gasteiger partial charge in [-0.15, -0.1) is 9.05 Å². The van der Waals surface area contributed by atoms with Crippen LogP contribution in [0.4, 0.5) is 0 Å². The summed E-state index contributed by atoms with van der Waals surface area (Å²) in [6.45, 7) is 0.518. The molecule has 0 saturated carbocycles. The molecule has 3 nitrogen and oxygen atoms in total. The Balaban J connectivity index is 1.23. The summed E-state index contributed by atoms with van der Waals surface area (Å²) >= 11 is 0. The lowest BCUT2D eigenvalue weighted by molar-refractivity contribution is 0.207. The third kappa shape index (κ3) is 6.64. The highest BCUT2D eigenvalue weighted by molar-refractivity contribution is 7.33. The molecule has 0 aromatic heterocycles. The number of hydrogen-bond donors (Lipinski definition) is 0. The zero-order chi connectivity index (χ0) is 31.5. The Morgan fingerprint density at radius 1 is 0.348 bits per heavy atom. The van der Waals surface area contributed by atoms with Crippen molar-refractivity contribution in [3.05, 3.63) is 215 Å². The van der Waals surface area contributed by atoms with E-state index in [1.165, 1.54) is 0 Å². The van der Waals surface area contributed by atoms with Crippen molar-refractivity contribution in [3.8, 4) is 0 Å². The van der Waals surface area contributed by atoms with E-state index in [4.69, 9.17) is 9.05 Å². The highest BCUT2D eigenvalue weighted by atomic mass is 31.1. The lowest BCUT2D eigenvalue weighted by Crippen LogP contribution is -2.31. The van der Waals surface area contributed by atoms with E-state index in [2.05, 4.69) is 146 Å². The van der Waals surface area contributed by atoms with Crippen molar-refractivity contribution >= 4 is 8.25 Å². The van der Waals surface area contributed by atoms with E-state index >= 15 is 0 Å². The third-order valence-electron chi connectivity index (χ3n) is 8.95. The van der Waals surface area contributed by atoms with Gasteiger partial charge in [0.05, 0.1) is 0 Å². The van der Waals surface area contributed by atoms with Crippen molar-refractivity contribution in [2.24, 2.45) is 0 Å². The summed E-state index contributed by atoms with van der Waals surface area (Å²) in [7, 11) is -2.35. The van der Waals surface area contributed by atoms with E-state index in [-0.39, 0.29) is 13.2 Å². The van der Waals surface area contributed by atoms with Crippen molar-refractivity contribution in [1.82, 2.24) is 0 Å². The summed E-state index contributed by atoms with van der Waals surface area (Å²) in [5, 5.41) is 0. The molecule has 0 amide bonds. The van der Waals surface area contributed by atoms with Gasteiger partial charge in [0.15, 0.2) is 0 Å². The molecule has 6 aromatic rings. The number of benzene rings is 6. The minimum Gasteiger partial charge on any atom is -0.119 e. The smallest absolute Gasteiger partial charge is 0.119 e. The zero-order valence-electron chi connectivity index (χ0n) is 25.8. The molecular formula is C42H38O3P+. The van der Waals surface area contributed by atoms with Gasteiger partial charge in [0.2, 0.25) is 0 Å². The molecule has 0 bridgehead atoms. The van der Waals surface area contributed by atoms with Crippen LogP contribution in [0.3, 0.4) is 0 Å². The van der Waals surface area contributed by atoms with Crippen LogP contribution in [0.5, 0.6) is 0 Å². The van der Waals surface area contributed by atoms with Gasteiger partial charge in [0.25, 0.3) is 0 Å². The molecule has 46 heavy (non-hydrogen) atoms. The monoisotopic (exact) mass is 621 g/mol. The molecule has 6 rings (SSSR count). The summed E-state index contributed by atoms with van der Waals surface area (Å²) in [5.41, 5.74) is 5.98. The molecule has 6 aromatic carbocycles. The first-order valence-electron chi connectivity index (χ1n) is 15.8. The molecular weight excluding hydrogens is 583 g/mol. The Morgan fingerprint density at radius 3 is 0.739 bits per heavy atom. The second kappa shape index (κ2) is 15.1. The summed E-state index contributed by atoms with van der Waals surface area (Å²) in [5.74, 6) is 0. The second-order valence-electron chi connectivity index (χ2n) is 11.4. The van der Waals surface area contributed by atoms with Gasteiger partial charge in [-0.1, -0.05) is 182 Å². The zero-order valence-corrected chi connectivity index (χ0v) is 26.7. The molecule has 0 aliphatic rings. The van der Waals surface area contributed by atoms with Gasteiger partial charge in [-0.25, -0.2) is 0 Å². The van der Waals surface area contributed by atoms with Gasteiger partial charge in [0, 0.05) is 15.4 Å². The first-order chi connectivity index (χ1) is 22.7. The Hall–Kier alpha value is -4.66. The molecule has 0 saturated heterocycles. The van der Waals surface area contributed by atoms with Gasteiger partial charge in [0.1, 0.15) is 13.2 Å². The van der Waals surface area contributed by atoms with E-state index in [0.717, 1.165) is 33.4 Å². The van der Waals surface area contributed by atoms with Gasteiger partial charge >= 0.3 is 8.25 Å². The molecule has 0 spiro atoms. The van der Waals surface area contributed by atoms with E-state index in [9.17, 15) is 4.57 Å². The summed E-state index contributed by atoms with van der Waals surface area (Å²) in [6.07, 6.45) is 1.19. The van der Waals surface area contributed by atoms with Crippen LogP contribution in [0, 0.1) is 0 Å². The van der Waals surface area contributed by atoms with Crippen LogP contribution in [0.25, 0.3) is 0 Å². The lowest BCUT2D eigenvalue weighted by atomic mass is 9.67. The standard InChI is InChI=1S/C42H38O3P/c43-46(44-33-31-41(35-19-7-1-8-20-35,36-21-9-2-10-22-36)37-23-11-3-12-24-37)45-34-32-42(38-25-13-4-14-26-38,39-27-15-5-16-28-39)40-29-17-6-18-30-40/h1-30H,31-34H2/q+1. The van der Waals surface area contributed by atoms with Gasteiger partial charge in [-0.05, 0) is 46.2 Å². The van der Waals surface area contributed by atoms with Crippen molar-refractivity contribution < 1.29 is 13.6 Å². The first-order valence-corrected chi connectivity index (χ1v) is 16.9. The average molecular weight is 622 g/mol. The fourth-order valence-corrected chi connectivity index (χ4v) is 7.34. The molecule has 0 radical (unpaired) electrons. The molecule has 0 fully saturated rings. The topological polar surface area (TPSA) is 35.5 Å². The fourth-order valence-electron chi connectivity index (χ4n) is 6.79. The average Bonchev–Trinajstić information content (AvgIpc) is 3.14. The molecule has 4 heteroatoms. The Kier molecular flexibility index (Phi) is 10.3. The molecule has 0 atom stereocenters. The molecule has 0 heterocycles. The van der Waals surface area contributed by atoms with Crippen LogP contribution in [-0.2, 0) is 24.4 Å². The maximum absolute atomic E-state index is 13.3. The molecule has 0 N–H and O–H groups in total. The third-order valence-corrected chi connectivity index (χ3v) is 9.73. The summed E-state index contributed by atoms with van der Waals surface area (Å²) in [4.78, 5) is 0. The number of hydrogen-bond acceptors (Lipinski definition) is 3. The highest BCUT2D eigenvalue weighted by Crippen LogP contribution is 2.45. The summed E-state index contributed by atoms with van der Waals surface area (Å²) in [6, 6.07) is 62.9. The molecule has 0 aliphatic heterocycles. The van der Waals surface area contributed by atoms with Crippen molar-refractivity contribution in [1.29, 1.82) is 0 Å². The minimum absolute atomic E-state index is 0.259. The predicted octanol–water partition coefficient (Wildman–Crippen LogP) is 10.5. The highest BCUT2D eigenvalue weighted by Gasteiger charge is 2.39. The Bertz CT molecular complexity index is 1450. The minimum atomic E-state index is -2.35. The van der Waals surface area contributed by atoms with Gasteiger partial charge in [-0.2, -0.15) is 0 Å². The van der Waals surface area contributed by atoms with E-state index in [0.29, 0.717) is 12.8 Å². The fraction of sp³-hybridized carbons (Fsp3) is 0.143. The van der Waals surface area contributed by atoms with Gasteiger partial charge < -0.3 is 0 Å². The van der Waals surface area contributed by atoms with Crippen molar-refractivity contribution in [3.63, 3.8) is 0 Å². The summed E-state index contributed by atoms with van der Waals surface area (Å²) < 4.78 is 25.3. The first kappa shape index (κ1) is 31.3. The van der Waals surface area contributed by atoms with E-state index in [1.807, 2.05) is 36.4 Å². The maximum atomic E-state index is 13.3. The normalized spacial score (nSPS) is 11.7. The number of rotatable bonds is 14. The van der Waals surface area contributed by atoms with Gasteiger partial charge in [-0.3, -0.25) is 0 Å². The van der Waals surface area contributed by atoms with Crippen LogP contribution < -0.4 is 0 Å². The van der Waals surface area contributed by atoms with Crippen molar-refractivity contribution in [2.45, 2.75) is 23.7 Å². The van der Waals surface area contributed by atoms with Crippen molar-refractivity contribution in [2.75, 3.05) is 13.2 Å². The molecule has 0 aliphatic carbocycles. The van der Waals surface area contributed by atoms with Crippen LogP contribution in [0.2, 0.25) is 0 Å². The van der Waals surface area contributed by atoms with E-state index < -0.39 is 19.1 Å². The largest absolute Gasteiger partial charge is 0.697 e. The second-order valence-corrected chi connectivity index (χ2v) is 12.4. The van der Waals surface area contributed by atoms with Crippen LogP contribution in [0.15, 0.2) is 182 Å². The molecule has 0 unspecified atom stereocenters. The lowest BCUT2D eigenvalue weighted by Gasteiger charge is -2.35. The van der Waals surface area contributed by atoms with Crippen LogP contribution in [-0.4, -0.2) is 13.2 Å². The van der Waals surface area contributed by atoms with Crippen LogP contribution >= 0.6 is 8.25 Å². The Morgan fingerprint density at radius 2 is 0.543 bits per heavy atom. The van der Waals surface area contributed by atoms with E-state index in [1.54, 1.807) is 0 Å². The van der Waals surface area contributed by atoms with Crippen LogP contribution in [0.1, 0.15) is 46.2 Å². The molecule has 228 valence electrons. The predicted molar refractivity (Wildman–Crippen MR) is 187 cm³/mol. The SMILES string of the molecule is O=[P+](OCCC(c1ccccc1)(c1ccccc1)c1ccccc1)OCCC(c1ccccc1)(c1ccccc1)c1ccccc1.